The quantitative estimate of drug-likeness (QED) is 0.739. The smallest absolute Gasteiger partial charge is 0.304 e. The van der Waals surface area contributed by atoms with Crippen molar-refractivity contribution in [2.24, 2.45) is 0 Å². The highest BCUT2D eigenvalue weighted by molar-refractivity contribution is 5.70. The van der Waals surface area contributed by atoms with Crippen LogP contribution in [0.15, 0.2) is 53.1 Å². The van der Waals surface area contributed by atoms with Gasteiger partial charge >= 0.3 is 5.97 Å². The van der Waals surface area contributed by atoms with Crippen molar-refractivity contribution >= 4 is 5.97 Å². The van der Waals surface area contributed by atoms with Gasteiger partial charge in [-0.05, 0) is 36.2 Å². The lowest BCUT2D eigenvalue weighted by Crippen LogP contribution is -2.09. The van der Waals surface area contributed by atoms with Crippen molar-refractivity contribution in [1.29, 1.82) is 0 Å². The molecule has 3 rings (SSSR count). The van der Waals surface area contributed by atoms with Crippen LogP contribution < -0.4 is 0 Å². The summed E-state index contributed by atoms with van der Waals surface area (Å²) in [4.78, 5) is 15.3. The molecule has 4 nitrogen and oxygen atoms in total. The van der Waals surface area contributed by atoms with E-state index >= 15 is 0 Å². The van der Waals surface area contributed by atoms with Crippen LogP contribution in [0.2, 0.25) is 0 Å². The Bertz CT molecular complexity index is 921. The number of carbonyl (C=O) groups is 1. The van der Waals surface area contributed by atoms with Crippen molar-refractivity contribution in [3.8, 4) is 11.1 Å². The number of carboxylic acid groups (broad SMARTS) is 1. The van der Waals surface area contributed by atoms with Gasteiger partial charge in [-0.3, -0.25) is 4.79 Å². The molecule has 1 aromatic heterocycles. The molecule has 0 aliphatic heterocycles. The van der Waals surface area contributed by atoms with Gasteiger partial charge < -0.3 is 9.52 Å². The predicted molar refractivity (Wildman–Crippen MR) is 87.1 cm³/mol. The zero-order chi connectivity index (χ0) is 18.0. The van der Waals surface area contributed by atoms with E-state index in [2.05, 4.69) is 4.98 Å². The Kier molecular flexibility index (Phi) is 4.61. The van der Waals surface area contributed by atoms with Crippen LogP contribution in [0.25, 0.3) is 11.1 Å². The first-order valence-corrected chi connectivity index (χ1v) is 7.63. The fourth-order valence-electron chi connectivity index (χ4n) is 2.72. The van der Waals surface area contributed by atoms with E-state index in [-0.39, 0.29) is 17.9 Å². The van der Waals surface area contributed by atoms with Crippen LogP contribution in [0.4, 0.5) is 8.78 Å². The molecule has 1 atom stereocenters. The van der Waals surface area contributed by atoms with E-state index in [1.54, 1.807) is 25.1 Å². The first-order chi connectivity index (χ1) is 11.9. The van der Waals surface area contributed by atoms with Crippen molar-refractivity contribution in [2.45, 2.75) is 19.3 Å². The normalized spacial score (nSPS) is 12.1. The number of aliphatic carboxylic acids is 1. The lowest BCUT2D eigenvalue weighted by atomic mass is 9.92. The summed E-state index contributed by atoms with van der Waals surface area (Å²) < 4.78 is 33.6. The van der Waals surface area contributed by atoms with E-state index in [0.29, 0.717) is 16.9 Å². The number of aromatic nitrogens is 1. The molecule has 0 aliphatic carbocycles. The monoisotopic (exact) mass is 343 g/mol. The van der Waals surface area contributed by atoms with Gasteiger partial charge in [-0.2, -0.15) is 0 Å². The van der Waals surface area contributed by atoms with Gasteiger partial charge in [0.2, 0.25) is 5.89 Å². The summed E-state index contributed by atoms with van der Waals surface area (Å²) in [7, 11) is 0. The fraction of sp³-hybridized carbons (Fsp3) is 0.158. The van der Waals surface area contributed by atoms with Crippen molar-refractivity contribution in [3.05, 3.63) is 77.5 Å². The molecule has 0 saturated heterocycles. The number of hydrogen-bond acceptors (Lipinski definition) is 3. The van der Waals surface area contributed by atoms with Gasteiger partial charge in [0, 0.05) is 5.56 Å². The highest BCUT2D eigenvalue weighted by Crippen LogP contribution is 2.32. The van der Waals surface area contributed by atoms with Gasteiger partial charge in [-0.15, -0.1) is 0 Å². The first-order valence-electron chi connectivity index (χ1n) is 7.63. The lowest BCUT2D eigenvalue weighted by Gasteiger charge is -2.14. The zero-order valence-electron chi connectivity index (χ0n) is 13.4. The van der Waals surface area contributed by atoms with Gasteiger partial charge in [0.1, 0.15) is 17.4 Å². The fourth-order valence-corrected chi connectivity index (χ4v) is 2.72. The van der Waals surface area contributed by atoms with Crippen LogP contribution in [-0.4, -0.2) is 16.1 Å². The van der Waals surface area contributed by atoms with E-state index in [1.807, 2.05) is 0 Å². The van der Waals surface area contributed by atoms with Crippen molar-refractivity contribution in [1.82, 2.24) is 4.98 Å². The van der Waals surface area contributed by atoms with E-state index in [1.165, 1.54) is 30.5 Å². The van der Waals surface area contributed by atoms with Gasteiger partial charge in [0.25, 0.3) is 0 Å². The van der Waals surface area contributed by atoms with Crippen molar-refractivity contribution < 1.29 is 23.1 Å². The maximum atomic E-state index is 14.1. The van der Waals surface area contributed by atoms with E-state index in [9.17, 15) is 18.7 Å². The highest BCUT2D eigenvalue weighted by Gasteiger charge is 2.24. The summed E-state index contributed by atoms with van der Waals surface area (Å²) in [5.41, 5.74) is 0.926. The number of halogens is 2. The van der Waals surface area contributed by atoms with Gasteiger partial charge in [0.05, 0.1) is 18.5 Å². The molecule has 0 aliphatic rings. The van der Waals surface area contributed by atoms with E-state index in [4.69, 9.17) is 4.42 Å². The molecule has 1 heterocycles. The zero-order valence-corrected chi connectivity index (χ0v) is 13.4. The summed E-state index contributed by atoms with van der Waals surface area (Å²) in [6.45, 7) is 1.69. The molecule has 0 spiro atoms. The Hall–Kier alpha value is -3.02. The van der Waals surface area contributed by atoms with Crippen LogP contribution in [0.1, 0.15) is 29.6 Å². The maximum absolute atomic E-state index is 14.1. The number of oxazole rings is 1. The molecule has 6 heteroatoms. The van der Waals surface area contributed by atoms with Crippen LogP contribution in [0.5, 0.6) is 0 Å². The molecule has 3 aromatic rings. The Morgan fingerprint density at radius 1 is 1.24 bits per heavy atom. The number of benzene rings is 2. The molecule has 1 unspecified atom stereocenters. The van der Waals surface area contributed by atoms with Crippen molar-refractivity contribution in [3.63, 3.8) is 0 Å². The summed E-state index contributed by atoms with van der Waals surface area (Å²) in [6.07, 6.45) is 1.15. The minimum Gasteiger partial charge on any atom is -0.481 e. The molecule has 0 amide bonds. The van der Waals surface area contributed by atoms with Gasteiger partial charge in [0.15, 0.2) is 0 Å². The van der Waals surface area contributed by atoms with Crippen LogP contribution in [0, 0.1) is 18.6 Å². The largest absolute Gasteiger partial charge is 0.481 e. The number of nitrogens with zero attached hydrogens (tertiary/aromatic N) is 1. The minimum atomic E-state index is -1.07. The van der Waals surface area contributed by atoms with Crippen LogP contribution >= 0.6 is 0 Å². The standard InChI is InChI=1S/C19H15F2NO3/c1-11-10-22-19(25-11)16(9-18(23)24)13-6-12(7-14(20)8-13)15-4-2-3-5-17(15)21/h2-8,10,16H,9H2,1H3,(H,23,24). The SMILES string of the molecule is Cc1cnc(C(CC(=O)O)c2cc(F)cc(-c3ccccc3F)c2)o1. The number of hydrogen-bond donors (Lipinski definition) is 1. The highest BCUT2D eigenvalue weighted by atomic mass is 19.1. The minimum absolute atomic E-state index is 0.185. The average Bonchev–Trinajstić information content (AvgIpc) is 2.98. The topological polar surface area (TPSA) is 63.3 Å². The predicted octanol–water partition coefficient (Wildman–Crippen LogP) is 4.53. The molecule has 25 heavy (non-hydrogen) atoms. The Morgan fingerprint density at radius 2 is 2.00 bits per heavy atom. The second-order valence-electron chi connectivity index (χ2n) is 5.71. The molecule has 0 bridgehead atoms. The summed E-state index contributed by atoms with van der Waals surface area (Å²) in [6, 6.07) is 10.0. The molecular weight excluding hydrogens is 328 g/mol. The molecule has 0 fully saturated rings. The number of aryl methyl sites for hydroxylation is 1. The Labute approximate surface area is 142 Å². The van der Waals surface area contributed by atoms with Crippen molar-refractivity contribution in [2.75, 3.05) is 0 Å². The van der Waals surface area contributed by atoms with E-state index < -0.39 is 23.5 Å². The average molecular weight is 343 g/mol. The molecular formula is C19H15F2NO3. The molecule has 1 N–H and O–H groups in total. The number of carboxylic acids is 1. The van der Waals surface area contributed by atoms with Gasteiger partial charge in [-0.25, -0.2) is 13.8 Å². The lowest BCUT2D eigenvalue weighted by molar-refractivity contribution is -0.137. The van der Waals surface area contributed by atoms with Crippen LogP contribution in [-0.2, 0) is 4.79 Å². The maximum Gasteiger partial charge on any atom is 0.304 e. The molecule has 2 aromatic carbocycles. The second-order valence-corrected chi connectivity index (χ2v) is 5.71. The summed E-state index contributed by atoms with van der Waals surface area (Å²) in [5, 5.41) is 9.19. The Balaban J connectivity index is 2.10. The molecule has 0 radical (unpaired) electrons. The van der Waals surface area contributed by atoms with Crippen LogP contribution in [0.3, 0.4) is 0 Å². The molecule has 128 valence electrons. The Morgan fingerprint density at radius 3 is 2.64 bits per heavy atom. The third-order valence-corrected chi connectivity index (χ3v) is 3.82. The first kappa shape index (κ1) is 16.8. The summed E-state index contributed by atoms with van der Waals surface area (Å²) >= 11 is 0. The van der Waals surface area contributed by atoms with E-state index in [0.717, 1.165) is 0 Å². The molecule has 0 saturated carbocycles. The third-order valence-electron chi connectivity index (χ3n) is 3.82. The second kappa shape index (κ2) is 6.84. The number of rotatable bonds is 5. The summed E-state index contributed by atoms with van der Waals surface area (Å²) in [5.74, 6) is -2.21. The third kappa shape index (κ3) is 3.74. The van der Waals surface area contributed by atoms with Gasteiger partial charge in [-0.1, -0.05) is 24.3 Å².